The Kier molecular flexibility index (Phi) is 3.28. The maximum atomic E-state index is 12.3. The molecule has 88 valence electrons. The fourth-order valence-corrected chi connectivity index (χ4v) is 3.27. The van der Waals surface area contributed by atoms with E-state index in [1.807, 2.05) is 10.3 Å². The Hall–Kier alpha value is -0.900. The molecule has 1 aliphatic heterocycles. The smallest absolute Gasteiger partial charge is 0.283 e. The number of aromatic nitrogens is 1. The highest BCUT2D eigenvalue weighted by atomic mass is 32.1. The number of amides is 1. The summed E-state index contributed by atoms with van der Waals surface area (Å²) in [5.41, 5.74) is 0.0861. The average Bonchev–Trinajstić information content (AvgIpc) is 2.97. The van der Waals surface area contributed by atoms with Crippen molar-refractivity contribution in [1.29, 1.82) is 0 Å². The van der Waals surface area contributed by atoms with Crippen molar-refractivity contribution in [3.63, 3.8) is 0 Å². The predicted octanol–water partition coefficient (Wildman–Crippen LogP) is 2.94. The molecule has 0 aromatic carbocycles. The highest BCUT2D eigenvalue weighted by Crippen LogP contribution is 2.36. The SMILES string of the molecule is CCC1(CC)CCCN1C(=O)c1nccs1. The molecule has 2 rings (SSSR count). The molecule has 16 heavy (non-hydrogen) atoms. The number of hydrogen-bond acceptors (Lipinski definition) is 3. The topological polar surface area (TPSA) is 33.2 Å². The molecular formula is C12H18N2OS. The number of likely N-dealkylation sites (tertiary alicyclic amines) is 1. The van der Waals surface area contributed by atoms with E-state index in [2.05, 4.69) is 18.8 Å². The molecule has 0 unspecified atom stereocenters. The number of hydrogen-bond donors (Lipinski definition) is 0. The van der Waals surface area contributed by atoms with Gasteiger partial charge in [0.05, 0.1) is 0 Å². The van der Waals surface area contributed by atoms with E-state index < -0.39 is 0 Å². The van der Waals surface area contributed by atoms with E-state index in [9.17, 15) is 4.79 Å². The zero-order chi connectivity index (χ0) is 11.6. The monoisotopic (exact) mass is 238 g/mol. The van der Waals surface area contributed by atoms with Gasteiger partial charge in [-0.25, -0.2) is 4.98 Å². The first-order valence-corrected chi connectivity index (χ1v) is 6.83. The molecule has 0 N–H and O–H groups in total. The van der Waals surface area contributed by atoms with Crippen LogP contribution in [0.15, 0.2) is 11.6 Å². The molecule has 1 aliphatic rings. The van der Waals surface area contributed by atoms with Crippen LogP contribution in [0.1, 0.15) is 49.3 Å². The van der Waals surface area contributed by atoms with Crippen molar-refractivity contribution in [2.75, 3.05) is 6.54 Å². The Balaban J connectivity index is 2.23. The predicted molar refractivity (Wildman–Crippen MR) is 65.7 cm³/mol. The third-order valence-electron chi connectivity index (χ3n) is 3.77. The Morgan fingerprint density at radius 3 is 2.88 bits per heavy atom. The zero-order valence-corrected chi connectivity index (χ0v) is 10.7. The molecule has 1 saturated heterocycles. The summed E-state index contributed by atoms with van der Waals surface area (Å²) in [6, 6.07) is 0. The number of rotatable bonds is 3. The molecule has 0 saturated carbocycles. The first kappa shape index (κ1) is 11.6. The molecule has 1 fully saturated rings. The van der Waals surface area contributed by atoms with Crippen molar-refractivity contribution < 1.29 is 4.79 Å². The molecule has 0 spiro atoms. The lowest BCUT2D eigenvalue weighted by Crippen LogP contribution is -2.46. The van der Waals surface area contributed by atoms with E-state index in [0.717, 1.165) is 32.2 Å². The minimum Gasteiger partial charge on any atom is -0.331 e. The fourth-order valence-electron chi connectivity index (χ4n) is 2.69. The molecule has 1 aromatic heterocycles. The Morgan fingerprint density at radius 2 is 2.31 bits per heavy atom. The summed E-state index contributed by atoms with van der Waals surface area (Å²) >= 11 is 1.44. The van der Waals surface area contributed by atoms with Gasteiger partial charge in [-0.2, -0.15) is 0 Å². The third-order valence-corrected chi connectivity index (χ3v) is 4.53. The van der Waals surface area contributed by atoms with E-state index >= 15 is 0 Å². The molecule has 0 atom stereocenters. The van der Waals surface area contributed by atoms with Gasteiger partial charge in [-0.1, -0.05) is 13.8 Å². The van der Waals surface area contributed by atoms with Crippen molar-refractivity contribution in [3.8, 4) is 0 Å². The molecule has 0 aliphatic carbocycles. The molecule has 3 nitrogen and oxygen atoms in total. The van der Waals surface area contributed by atoms with Gasteiger partial charge in [0.1, 0.15) is 0 Å². The van der Waals surface area contributed by atoms with Crippen LogP contribution in [0, 0.1) is 0 Å². The van der Waals surface area contributed by atoms with Gasteiger partial charge in [0.2, 0.25) is 0 Å². The lowest BCUT2D eigenvalue weighted by Gasteiger charge is -2.36. The van der Waals surface area contributed by atoms with Crippen LogP contribution in [0.4, 0.5) is 0 Å². The van der Waals surface area contributed by atoms with Gasteiger partial charge in [-0.05, 0) is 25.7 Å². The first-order valence-electron chi connectivity index (χ1n) is 5.95. The number of carbonyl (C=O) groups excluding carboxylic acids is 1. The summed E-state index contributed by atoms with van der Waals surface area (Å²) in [6.07, 6.45) is 6.05. The second-order valence-corrected chi connectivity index (χ2v) is 5.22. The summed E-state index contributed by atoms with van der Waals surface area (Å²) in [5.74, 6) is 0.121. The second kappa shape index (κ2) is 4.53. The van der Waals surface area contributed by atoms with Crippen LogP contribution in [0.5, 0.6) is 0 Å². The van der Waals surface area contributed by atoms with E-state index in [0.29, 0.717) is 5.01 Å². The van der Waals surface area contributed by atoms with Crippen LogP contribution in [0.2, 0.25) is 0 Å². The zero-order valence-electron chi connectivity index (χ0n) is 9.90. The molecule has 1 aromatic rings. The van der Waals surface area contributed by atoms with Crippen LogP contribution in [-0.2, 0) is 0 Å². The number of thiazole rings is 1. The molecule has 0 radical (unpaired) electrons. The molecule has 1 amide bonds. The third kappa shape index (κ3) is 1.75. The molecular weight excluding hydrogens is 220 g/mol. The van der Waals surface area contributed by atoms with Gasteiger partial charge in [-0.3, -0.25) is 4.79 Å². The van der Waals surface area contributed by atoms with Crippen LogP contribution < -0.4 is 0 Å². The Morgan fingerprint density at radius 1 is 1.56 bits per heavy atom. The lowest BCUT2D eigenvalue weighted by molar-refractivity contribution is 0.0574. The minimum absolute atomic E-state index is 0.0861. The van der Waals surface area contributed by atoms with Crippen molar-refractivity contribution in [2.24, 2.45) is 0 Å². The van der Waals surface area contributed by atoms with Crippen LogP contribution in [-0.4, -0.2) is 27.9 Å². The van der Waals surface area contributed by atoms with Gasteiger partial charge < -0.3 is 4.90 Å². The molecule has 2 heterocycles. The second-order valence-electron chi connectivity index (χ2n) is 4.33. The quantitative estimate of drug-likeness (QED) is 0.811. The maximum Gasteiger partial charge on any atom is 0.283 e. The van der Waals surface area contributed by atoms with E-state index in [1.54, 1.807) is 6.20 Å². The van der Waals surface area contributed by atoms with Gasteiger partial charge in [-0.15, -0.1) is 11.3 Å². The van der Waals surface area contributed by atoms with E-state index in [4.69, 9.17) is 0 Å². The maximum absolute atomic E-state index is 12.3. The summed E-state index contributed by atoms with van der Waals surface area (Å²) in [5, 5.41) is 2.50. The summed E-state index contributed by atoms with van der Waals surface area (Å²) < 4.78 is 0. The van der Waals surface area contributed by atoms with Gasteiger partial charge in [0.15, 0.2) is 5.01 Å². The van der Waals surface area contributed by atoms with Gasteiger partial charge >= 0.3 is 0 Å². The number of nitrogens with zero attached hydrogens (tertiary/aromatic N) is 2. The van der Waals surface area contributed by atoms with Crippen molar-refractivity contribution in [3.05, 3.63) is 16.6 Å². The van der Waals surface area contributed by atoms with Gasteiger partial charge in [0, 0.05) is 23.7 Å². The van der Waals surface area contributed by atoms with Crippen molar-refractivity contribution in [2.45, 2.75) is 45.1 Å². The highest BCUT2D eigenvalue weighted by Gasteiger charge is 2.41. The Bertz CT molecular complexity index is 357. The Labute approximate surface area is 100 Å². The summed E-state index contributed by atoms with van der Waals surface area (Å²) in [6.45, 7) is 5.24. The summed E-state index contributed by atoms with van der Waals surface area (Å²) in [4.78, 5) is 18.5. The standard InChI is InChI=1S/C12H18N2OS/c1-3-12(4-2)6-5-8-14(12)11(15)10-13-7-9-16-10/h7,9H,3-6,8H2,1-2H3. The van der Waals surface area contributed by atoms with E-state index in [-0.39, 0.29) is 11.4 Å². The lowest BCUT2D eigenvalue weighted by atomic mass is 9.90. The highest BCUT2D eigenvalue weighted by molar-refractivity contribution is 7.11. The largest absolute Gasteiger partial charge is 0.331 e. The van der Waals surface area contributed by atoms with Gasteiger partial charge in [0.25, 0.3) is 5.91 Å². The molecule has 0 bridgehead atoms. The van der Waals surface area contributed by atoms with E-state index in [1.165, 1.54) is 11.3 Å². The first-order chi connectivity index (χ1) is 7.73. The average molecular weight is 238 g/mol. The summed E-state index contributed by atoms with van der Waals surface area (Å²) in [7, 11) is 0. The fraction of sp³-hybridized carbons (Fsp3) is 0.667. The molecule has 4 heteroatoms. The normalized spacial score (nSPS) is 19.0. The minimum atomic E-state index is 0.0861. The van der Waals surface area contributed by atoms with Crippen LogP contribution in [0.3, 0.4) is 0 Å². The van der Waals surface area contributed by atoms with Crippen LogP contribution >= 0.6 is 11.3 Å². The number of carbonyl (C=O) groups is 1. The van der Waals surface area contributed by atoms with Crippen LogP contribution in [0.25, 0.3) is 0 Å². The van der Waals surface area contributed by atoms with Crippen molar-refractivity contribution in [1.82, 2.24) is 9.88 Å². The van der Waals surface area contributed by atoms with Crippen molar-refractivity contribution >= 4 is 17.2 Å².